The van der Waals surface area contributed by atoms with Gasteiger partial charge in [0, 0.05) is 26.8 Å². The highest BCUT2D eigenvalue weighted by Gasteiger charge is 2.19. The number of hydrogen-bond acceptors (Lipinski definition) is 2. The van der Waals surface area contributed by atoms with Crippen LogP contribution in [0.2, 0.25) is 0 Å². The minimum absolute atomic E-state index is 1.12. The van der Waals surface area contributed by atoms with Crippen LogP contribution in [0.15, 0.2) is 212 Å². The normalized spacial score (nSPS) is 11.6. The molecule has 262 valence electrons. The molecule has 10 aromatic carbocycles. The lowest BCUT2D eigenvalue weighted by Gasteiger charge is -2.26. The van der Waals surface area contributed by atoms with Crippen LogP contribution in [0.25, 0.3) is 85.9 Å². The maximum atomic E-state index is 2.43. The Labute approximate surface area is 330 Å². The molecule has 0 atom stereocenters. The van der Waals surface area contributed by atoms with Crippen molar-refractivity contribution < 1.29 is 0 Å². The van der Waals surface area contributed by atoms with Gasteiger partial charge in [-0.25, -0.2) is 0 Å². The molecule has 0 aliphatic heterocycles. The maximum Gasteiger partial charge on any atom is 0.0640 e. The van der Waals surface area contributed by atoms with E-state index in [0.717, 1.165) is 11.4 Å². The maximum absolute atomic E-state index is 2.43. The molecule has 0 spiro atoms. The molecule has 11 rings (SSSR count). The standard InChI is InChI=1S/C54H35NS/c1-3-17-44-37(12-1)14-10-22-45(44)40-16-9-15-39(34-40)36-26-30-42(31-27-36)55(52-24-11-23-50-49-21-7-8-25-53(49)56-54(50)52)43-32-28-38(29-33-43)51-35-41-13-2-4-18-46(41)47-19-5-6-20-48(47)51/h1-35H. The van der Waals surface area contributed by atoms with Crippen molar-refractivity contribution in [1.29, 1.82) is 0 Å². The molecule has 0 unspecified atom stereocenters. The Balaban J connectivity index is 1.03. The van der Waals surface area contributed by atoms with Crippen molar-refractivity contribution in [3.8, 4) is 33.4 Å². The predicted molar refractivity (Wildman–Crippen MR) is 243 cm³/mol. The van der Waals surface area contributed by atoms with Crippen LogP contribution in [0, 0.1) is 0 Å². The summed E-state index contributed by atoms with van der Waals surface area (Å²) in [6, 6.07) is 77.7. The van der Waals surface area contributed by atoms with E-state index in [1.807, 2.05) is 11.3 Å². The van der Waals surface area contributed by atoms with Crippen LogP contribution in [0.1, 0.15) is 0 Å². The molecule has 2 heteroatoms. The summed E-state index contributed by atoms with van der Waals surface area (Å²) < 4.78 is 2.58. The van der Waals surface area contributed by atoms with Crippen LogP contribution in [-0.2, 0) is 0 Å². The van der Waals surface area contributed by atoms with E-state index in [1.54, 1.807) is 0 Å². The van der Waals surface area contributed by atoms with Crippen LogP contribution >= 0.6 is 11.3 Å². The minimum Gasteiger partial charge on any atom is -0.309 e. The summed E-state index contributed by atoms with van der Waals surface area (Å²) in [6.07, 6.45) is 0. The summed E-state index contributed by atoms with van der Waals surface area (Å²) in [5, 5.41) is 10.2. The summed E-state index contributed by atoms with van der Waals surface area (Å²) in [6.45, 7) is 0. The summed E-state index contributed by atoms with van der Waals surface area (Å²) in [4.78, 5) is 2.43. The average Bonchev–Trinajstić information content (AvgIpc) is 3.66. The van der Waals surface area contributed by atoms with Gasteiger partial charge in [-0.2, -0.15) is 0 Å². The van der Waals surface area contributed by atoms with Crippen LogP contribution < -0.4 is 4.90 Å². The second kappa shape index (κ2) is 13.4. The average molecular weight is 730 g/mol. The molecule has 0 fully saturated rings. The molecule has 0 saturated carbocycles. The van der Waals surface area contributed by atoms with Crippen LogP contribution in [0.4, 0.5) is 17.1 Å². The van der Waals surface area contributed by atoms with Crippen molar-refractivity contribution in [2.75, 3.05) is 4.90 Å². The van der Waals surface area contributed by atoms with E-state index in [-0.39, 0.29) is 0 Å². The first kappa shape index (κ1) is 32.4. The van der Waals surface area contributed by atoms with E-state index in [2.05, 4.69) is 217 Å². The van der Waals surface area contributed by atoms with E-state index >= 15 is 0 Å². The number of nitrogens with zero attached hydrogens (tertiary/aromatic N) is 1. The Morgan fingerprint density at radius 2 is 0.875 bits per heavy atom. The van der Waals surface area contributed by atoms with Crippen LogP contribution in [0.5, 0.6) is 0 Å². The molecular formula is C54H35NS. The van der Waals surface area contributed by atoms with Crippen molar-refractivity contribution in [1.82, 2.24) is 0 Å². The third-order valence-electron chi connectivity index (χ3n) is 11.3. The van der Waals surface area contributed by atoms with E-state index < -0.39 is 0 Å². The fourth-order valence-electron chi connectivity index (χ4n) is 8.57. The smallest absolute Gasteiger partial charge is 0.0640 e. The summed E-state index contributed by atoms with van der Waals surface area (Å²) in [5.41, 5.74) is 10.7. The largest absolute Gasteiger partial charge is 0.309 e. The van der Waals surface area contributed by atoms with Gasteiger partial charge in [0.05, 0.1) is 10.4 Å². The monoisotopic (exact) mass is 729 g/mol. The number of fused-ring (bicyclic) bond motifs is 7. The lowest BCUT2D eigenvalue weighted by molar-refractivity contribution is 1.30. The van der Waals surface area contributed by atoms with Crippen molar-refractivity contribution in [3.05, 3.63) is 212 Å². The van der Waals surface area contributed by atoms with Gasteiger partial charge in [0.1, 0.15) is 0 Å². The number of rotatable bonds is 6. The van der Waals surface area contributed by atoms with Crippen molar-refractivity contribution in [2.45, 2.75) is 0 Å². The van der Waals surface area contributed by atoms with Gasteiger partial charge >= 0.3 is 0 Å². The SMILES string of the molecule is c1cc(-c2ccc(N(c3ccc(-c4cc5ccccc5c5ccccc45)cc3)c3cccc4c3sc3ccccc34)cc2)cc(-c2cccc3ccccc23)c1. The van der Waals surface area contributed by atoms with Gasteiger partial charge in [-0.15, -0.1) is 11.3 Å². The van der Waals surface area contributed by atoms with E-state index in [9.17, 15) is 0 Å². The van der Waals surface area contributed by atoms with Gasteiger partial charge in [0.2, 0.25) is 0 Å². The fraction of sp³-hybridized carbons (Fsp3) is 0. The summed E-state index contributed by atoms with van der Waals surface area (Å²) >= 11 is 1.87. The number of anilines is 3. The molecule has 1 nitrogen and oxygen atoms in total. The van der Waals surface area contributed by atoms with Crippen molar-refractivity contribution in [2.24, 2.45) is 0 Å². The zero-order valence-corrected chi connectivity index (χ0v) is 31.4. The fourth-order valence-corrected chi connectivity index (χ4v) is 9.77. The molecule has 0 aliphatic carbocycles. The van der Waals surface area contributed by atoms with Crippen LogP contribution in [0.3, 0.4) is 0 Å². The summed E-state index contributed by atoms with van der Waals surface area (Å²) in [5.74, 6) is 0. The summed E-state index contributed by atoms with van der Waals surface area (Å²) in [7, 11) is 0. The van der Waals surface area contributed by atoms with E-state index in [1.165, 1.54) is 91.6 Å². The molecule has 0 aliphatic rings. The second-order valence-electron chi connectivity index (χ2n) is 14.5. The third-order valence-corrected chi connectivity index (χ3v) is 12.5. The number of thiophene rings is 1. The lowest BCUT2D eigenvalue weighted by atomic mass is 9.93. The Bertz CT molecular complexity index is 3240. The molecule has 1 aromatic heterocycles. The molecule has 0 radical (unpaired) electrons. The minimum atomic E-state index is 1.12. The van der Waals surface area contributed by atoms with Gasteiger partial charge in [0.15, 0.2) is 0 Å². The predicted octanol–water partition coefficient (Wildman–Crippen LogP) is 16.0. The molecule has 56 heavy (non-hydrogen) atoms. The first-order valence-electron chi connectivity index (χ1n) is 19.2. The van der Waals surface area contributed by atoms with Gasteiger partial charge in [-0.1, -0.05) is 164 Å². The first-order valence-corrected chi connectivity index (χ1v) is 20.0. The quantitative estimate of drug-likeness (QED) is 0.154. The highest BCUT2D eigenvalue weighted by atomic mass is 32.1. The molecule has 0 saturated heterocycles. The first-order chi connectivity index (χ1) is 27.8. The Hall–Kier alpha value is -7.00. The Morgan fingerprint density at radius 3 is 1.68 bits per heavy atom. The molecule has 0 N–H and O–H groups in total. The molecule has 11 aromatic rings. The van der Waals surface area contributed by atoms with Crippen LogP contribution in [-0.4, -0.2) is 0 Å². The Morgan fingerprint density at radius 1 is 0.304 bits per heavy atom. The number of hydrogen-bond donors (Lipinski definition) is 0. The van der Waals surface area contributed by atoms with Crippen molar-refractivity contribution in [3.63, 3.8) is 0 Å². The third kappa shape index (κ3) is 5.46. The lowest BCUT2D eigenvalue weighted by Crippen LogP contribution is -2.10. The molecule has 0 bridgehead atoms. The van der Waals surface area contributed by atoms with Gasteiger partial charge in [0.25, 0.3) is 0 Å². The van der Waals surface area contributed by atoms with Gasteiger partial charge in [-0.05, 0) is 114 Å². The highest BCUT2D eigenvalue weighted by Crippen LogP contribution is 2.46. The zero-order valence-electron chi connectivity index (χ0n) is 30.6. The topological polar surface area (TPSA) is 3.24 Å². The number of benzene rings is 10. The molecular weight excluding hydrogens is 695 g/mol. The van der Waals surface area contributed by atoms with E-state index in [0.29, 0.717) is 0 Å². The van der Waals surface area contributed by atoms with Gasteiger partial charge in [-0.3, -0.25) is 0 Å². The second-order valence-corrected chi connectivity index (χ2v) is 15.5. The van der Waals surface area contributed by atoms with Crippen molar-refractivity contribution >= 4 is 80.9 Å². The van der Waals surface area contributed by atoms with Gasteiger partial charge < -0.3 is 4.90 Å². The van der Waals surface area contributed by atoms with E-state index in [4.69, 9.17) is 0 Å². The molecule has 0 amide bonds. The highest BCUT2D eigenvalue weighted by molar-refractivity contribution is 7.26. The zero-order chi connectivity index (χ0) is 37.0. The Kier molecular flexibility index (Phi) is 7.75. The molecule has 1 heterocycles.